The van der Waals surface area contributed by atoms with Gasteiger partial charge in [0.25, 0.3) is 0 Å². The topological polar surface area (TPSA) is 42.0 Å². The van der Waals surface area contributed by atoms with Gasteiger partial charge >= 0.3 is 0 Å². The molecule has 2 atom stereocenters. The van der Waals surface area contributed by atoms with Crippen LogP contribution in [-0.2, 0) is 11.2 Å². The fraction of sp³-hybridized carbons (Fsp3) is 0.571. The molecule has 142 valence electrons. The molecule has 0 N–H and O–H groups in total. The van der Waals surface area contributed by atoms with E-state index < -0.39 is 0 Å². The SMILES string of the molecule is CCOc1cc2c(cc1/C=C/C(=O)N1CCCC1CN(C)C)OC(C)C2. The number of benzene rings is 1. The van der Waals surface area contributed by atoms with Crippen molar-refractivity contribution in [2.24, 2.45) is 0 Å². The van der Waals surface area contributed by atoms with Crippen LogP contribution in [0.4, 0.5) is 0 Å². The predicted molar refractivity (Wildman–Crippen MR) is 104 cm³/mol. The molecule has 5 nitrogen and oxygen atoms in total. The average molecular weight is 358 g/mol. The summed E-state index contributed by atoms with van der Waals surface area (Å²) in [4.78, 5) is 16.8. The molecule has 1 amide bonds. The summed E-state index contributed by atoms with van der Waals surface area (Å²) in [5.41, 5.74) is 2.08. The Bertz CT molecular complexity index is 684. The van der Waals surface area contributed by atoms with E-state index in [1.165, 1.54) is 5.56 Å². The van der Waals surface area contributed by atoms with Crippen molar-refractivity contribution >= 4 is 12.0 Å². The number of ether oxygens (including phenoxy) is 2. The van der Waals surface area contributed by atoms with Gasteiger partial charge in [-0.2, -0.15) is 0 Å². The number of hydrogen-bond acceptors (Lipinski definition) is 4. The van der Waals surface area contributed by atoms with Gasteiger partial charge in [0, 0.05) is 42.8 Å². The van der Waals surface area contributed by atoms with Crippen LogP contribution in [0.15, 0.2) is 18.2 Å². The smallest absolute Gasteiger partial charge is 0.246 e. The highest BCUT2D eigenvalue weighted by Crippen LogP contribution is 2.35. The number of carbonyl (C=O) groups is 1. The zero-order valence-corrected chi connectivity index (χ0v) is 16.3. The normalized spacial score (nSPS) is 22.1. The first kappa shape index (κ1) is 18.8. The number of hydrogen-bond donors (Lipinski definition) is 0. The molecule has 1 saturated heterocycles. The van der Waals surface area contributed by atoms with Crippen LogP contribution in [0.2, 0.25) is 0 Å². The van der Waals surface area contributed by atoms with E-state index in [-0.39, 0.29) is 12.0 Å². The molecule has 26 heavy (non-hydrogen) atoms. The molecule has 0 aliphatic carbocycles. The molecule has 2 aliphatic rings. The Morgan fingerprint density at radius 3 is 2.96 bits per heavy atom. The summed E-state index contributed by atoms with van der Waals surface area (Å²) in [6.45, 7) is 6.39. The molecule has 0 bridgehead atoms. The predicted octanol–water partition coefficient (Wildman–Crippen LogP) is 2.97. The fourth-order valence-corrected chi connectivity index (χ4v) is 3.86. The summed E-state index contributed by atoms with van der Waals surface area (Å²) in [6.07, 6.45) is 6.79. The van der Waals surface area contributed by atoms with Crippen LogP contribution in [0, 0.1) is 0 Å². The average Bonchev–Trinajstić information content (AvgIpc) is 3.17. The zero-order chi connectivity index (χ0) is 18.7. The van der Waals surface area contributed by atoms with E-state index in [0.29, 0.717) is 12.6 Å². The van der Waals surface area contributed by atoms with Gasteiger partial charge in [-0.25, -0.2) is 0 Å². The van der Waals surface area contributed by atoms with Crippen LogP contribution in [0.25, 0.3) is 6.08 Å². The van der Waals surface area contributed by atoms with Gasteiger partial charge in [0.1, 0.15) is 17.6 Å². The number of amides is 1. The second-order valence-electron chi connectivity index (χ2n) is 7.49. The van der Waals surface area contributed by atoms with Crippen molar-refractivity contribution in [2.75, 3.05) is 33.8 Å². The monoisotopic (exact) mass is 358 g/mol. The largest absolute Gasteiger partial charge is 0.493 e. The number of fused-ring (bicyclic) bond motifs is 1. The molecule has 2 heterocycles. The molecule has 0 radical (unpaired) electrons. The van der Waals surface area contributed by atoms with Gasteiger partial charge in [-0.15, -0.1) is 0 Å². The van der Waals surface area contributed by atoms with Crippen molar-refractivity contribution in [2.45, 2.75) is 45.3 Å². The van der Waals surface area contributed by atoms with Gasteiger partial charge < -0.3 is 19.3 Å². The molecule has 0 spiro atoms. The number of nitrogens with zero attached hydrogens (tertiary/aromatic N) is 2. The maximum Gasteiger partial charge on any atom is 0.246 e. The highest BCUT2D eigenvalue weighted by atomic mass is 16.5. The molecule has 3 rings (SSSR count). The first-order chi connectivity index (χ1) is 12.5. The Labute approximate surface area is 156 Å². The molecule has 2 unspecified atom stereocenters. The highest BCUT2D eigenvalue weighted by Gasteiger charge is 2.28. The highest BCUT2D eigenvalue weighted by molar-refractivity contribution is 5.92. The van der Waals surface area contributed by atoms with E-state index in [1.54, 1.807) is 6.08 Å². The molecular formula is C21H30N2O3. The summed E-state index contributed by atoms with van der Waals surface area (Å²) in [5.74, 6) is 1.80. The van der Waals surface area contributed by atoms with Crippen LogP contribution in [0.3, 0.4) is 0 Å². The second kappa shape index (κ2) is 8.12. The van der Waals surface area contributed by atoms with Gasteiger partial charge in [0.05, 0.1) is 6.61 Å². The van der Waals surface area contributed by atoms with Gasteiger partial charge in [0.15, 0.2) is 0 Å². The lowest BCUT2D eigenvalue weighted by Gasteiger charge is -2.26. The molecule has 0 aromatic heterocycles. The third-order valence-corrected chi connectivity index (χ3v) is 4.97. The first-order valence-corrected chi connectivity index (χ1v) is 9.57. The molecule has 1 aromatic rings. The number of carbonyl (C=O) groups excluding carboxylic acids is 1. The molecule has 1 aromatic carbocycles. The number of rotatable bonds is 6. The Balaban J connectivity index is 1.77. The maximum atomic E-state index is 12.7. The number of likely N-dealkylation sites (tertiary alicyclic amines) is 1. The van der Waals surface area contributed by atoms with Crippen LogP contribution < -0.4 is 9.47 Å². The Morgan fingerprint density at radius 1 is 1.42 bits per heavy atom. The Morgan fingerprint density at radius 2 is 2.23 bits per heavy atom. The summed E-state index contributed by atoms with van der Waals surface area (Å²) in [6, 6.07) is 4.35. The van der Waals surface area contributed by atoms with E-state index in [1.807, 2.05) is 24.0 Å². The summed E-state index contributed by atoms with van der Waals surface area (Å²) >= 11 is 0. The summed E-state index contributed by atoms with van der Waals surface area (Å²) in [7, 11) is 4.10. The quantitative estimate of drug-likeness (QED) is 0.733. The van der Waals surface area contributed by atoms with Crippen molar-refractivity contribution in [1.29, 1.82) is 0 Å². The second-order valence-corrected chi connectivity index (χ2v) is 7.49. The van der Waals surface area contributed by atoms with Crippen LogP contribution in [0.1, 0.15) is 37.8 Å². The third-order valence-electron chi connectivity index (χ3n) is 4.97. The molecular weight excluding hydrogens is 328 g/mol. The van der Waals surface area contributed by atoms with Gasteiger partial charge in [0.2, 0.25) is 5.91 Å². The lowest BCUT2D eigenvalue weighted by atomic mass is 10.1. The van der Waals surface area contributed by atoms with E-state index >= 15 is 0 Å². The van der Waals surface area contributed by atoms with Crippen LogP contribution in [0.5, 0.6) is 11.5 Å². The van der Waals surface area contributed by atoms with Gasteiger partial charge in [-0.1, -0.05) is 0 Å². The molecule has 5 heteroatoms. The van der Waals surface area contributed by atoms with Crippen molar-refractivity contribution in [3.05, 3.63) is 29.3 Å². The lowest BCUT2D eigenvalue weighted by molar-refractivity contribution is -0.126. The van der Waals surface area contributed by atoms with Crippen molar-refractivity contribution in [1.82, 2.24) is 9.80 Å². The maximum absolute atomic E-state index is 12.7. The fourth-order valence-electron chi connectivity index (χ4n) is 3.86. The standard InChI is InChI=1S/C21H30N2O3/c1-5-25-19-13-17-11-15(2)26-20(17)12-16(19)8-9-21(24)23-10-6-7-18(23)14-22(3)4/h8-9,12-13,15,18H,5-7,10-11,14H2,1-4H3/b9-8+. The molecule has 0 saturated carbocycles. The Kier molecular flexibility index (Phi) is 5.87. The minimum atomic E-state index is 0.0755. The summed E-state index contributed by atoms with van der Waals surface area (Å²) < 4.78 is 11.6. The minimum Gasteiger partial charge on any atom is -0.493 e. The Hall–Kier alpha value is -2.01. The van der Waals surface area contributed by atoms with E-state index in [2.05, 4.69) is 32.0 Å². The zero-order valence-electron chi connectivity index (χ0n) is 16.3. The third kappa shape index (κ3) is 4.21. The van der Waals surface area contributed by atoms with E-state index in [0.717, 1.165) is 49.4 Å². The van der Waals surface area contributed by atoms with E-state index in [9.17, 15) is 4.79 Å². The van der Waals surface area contributed by atoms with Crippen molar-refractivity contribution < 1.29 is 14.3 Å². The van der Waals surface area contributed by atoms with Gasteiger partial charge in [-0.3, -0.25) is 4.79 Å². The van der Waals surface area contributed by atoms with Crippen LogP contribution in [-0.4, -0.2) is 61.6 Å². The van der Waals surface area contributed by atoms with E-state index in [4.69, 9.17) is 9.47 Å². The molecule has 1 fully saturated rings. The first-order valence-electron chi connectivity index (χ1n) is 9.57. The molecule has 2 aliphatic heterocycles. The van der Waals surface area contributed by atoms with Crippen molar-refractivity contribution in [3.8, 4) is 11.5 Å². The van der Waals surface area contributed by atoms with Gasteiger partial charge in [-0.05, 0) is 59.0 Å². The number of likely N-dealkylation sites (N-methyl/N-ethyl adjacent to an activating group) is 1. The van der Waals surface area contributed by atoms with Crippen LogP contribution >= 0.6 is 0 Å². The minimum absolute atomic E-state index is 0.0755. The summed E-state index contributed by atoms with van der Waals surface area (Å²) in [5, 5.41) is 0. The van der Waals surface area contributed by atoms with Crippen molar-refractivity contribution in [3.63, 3.8) is 0 Å². The lowest BCUT2D eigenvalue weighted by Crippen LogP contribution is -2.40.